The summed E-state index contributed by atoms with van der Waals surface area (Å²) in [6.45, 7) is 0. The second-order valence-corrected chi connectivity index (χ2v) is 7.80. The lowest BCUT2D eigenvalue weighted by atomic mass is 9.88. The fraction of sp³-hybridized carbons (Fsp3) is 0.450. The molecule has 4 aliphatic rings. The number of rotatable bonds is 3. The molecule has 5 rings (SSSR count). The molecule has 3 aliphatic carbocycles. The number of nitrogens with one attached hydrogen (secondary N) is 1. The Morgan fingerprint density at radius 3 is 2.93 bits per heavy atom. The fourth-order valence-electron chi connectivity index (χ4n) is 5.03. The standard InChI is InChI=1S/C20H20N4O3/c25-16(23-27)7-6-12-8-9-20-14(10-12)17(20)22-19(26)15-11-21-18(24(15)20)13-4-2-1-3-5-13/h6-11,13-14,17H,1-5H2,(H,22,26)/b7-6+. The molecule has 27 heavy (non-hydrogen) atoms. The molecule has 3 unspecified atom stereocenters. The molecule has 0 radical (unpaired) electrons. The summed E-state index contributed by atoms with van der Waals surface area (Å²) in [4.78, 5) is 38.6. The molecule has 2 fully saturated rings. The Morgan fingerprint density at radius 2 is 2.15 bits per heavy atom. The summed E-state index contributed by atoms with van der Waals surface area (Å²) in [7, 11) is 0. The van der Waals surface area contributed by atoms with Gasteiger partial charge in [0.05, 0.1) is 17.8 Å². The second kappa shape index (κ2) is 5.84. The molecule has 2 saturated carbocycles. The van der Waals surface area contributed by atoms with Gasteiger partial charge in [-0.15, -0.1) is 4.91 Å². The van der Waals surface area contributed by atoms with Gasteiger partial charge in [-0.1, -0.05) is 37.5 Å². The molecule has 0 aromatic carbocycles. The molecule has 0 saturated heterocycles. The van der Waals surface area contributed by atoms with Gasteiger partial charge < -0.3 is 9.88 Å². The van der Waals surface area contributed by atoms with Crippen molar-refractivity contribution in [1.82, 2.24) is 14.9 Å². The zero-order chi connectivity index (χ0) is 18.6. The first kappa shape index (κ1) is 16.4. The molecule has 1 aliphatic heterocycles. The van der Waals surface area contributed by atoms with E-state index in [2.05, 4.69) is 32.2 Å². The molecule has 1 aromatic heterocycles. The van der Waals surface area contributed by atoms with E-state index in [1.165, 1.54) is 25.3 Å². The van der Waals surface area contributed by atoms with Gasteiger partial charge in [-0.05, 0) is 24.5 Å². The lowest BCUT2D eigenvalue weighted by Gasteiger charge is -2.30. The SMILES string of the molecule is O=NC(=O)/C=C/C1=CC2C3NC(=O)c4cnc(C5CCCCC5)n4C23C=C1. The van der Waals surface area contributed by atoms with Gasteiger partial charge in [0.2, 0.25) is 0 Å². The van der Waals surface area contributed by atoms with Crippen molar-refractivity contribution in [2.45, 2.75) is 49.6 Å². The van der Waals surface area contributed by atoms with Crippen molar-refractivity contribution >= 4 is 11.8 Å². The van der Waals surface area contributed by atoms with Crippen molar-refractivity contribution in [1.29, 1.82) is 0 Å². The van der Waals surface area contributed by atoms with Gasteiger partial charge in [-0.25, -0.2) is 4.98 Å². The van der Waals surface area contributed by atoms with Gasteiger partial charge in [0, 0.05) is 23.1 Å². The number of nitrogens with zero attached hydrogens (tertiary/aromatic N) is 3. The first-order valence-corrected chi connectivity index (χ1v) is 9.50. The Labute approximate surface area is 156 Å². The summed E-state index contributed by atoms with van der Waals surface area (Å²) in [6, 6.07) is -0.00362. The number of hydrogen-bond acceptors (Lipinski definition) is 4. The number of allylic oxidation sites excluding steroid dienone is 3. The van der Waals surface area contributed by atoms with E-state index in [4.69, 9.17) is 0 Å². The summed E-state index contributed by atoms with van der Waals surface area (Å²) in [6.07, 6.45) is 16.5. The predicted molar refractivity (Wildman–Crippen MR) is 97.9 cm³/mol. The van der Waals surface area contributed by atoms with E-state index < -0.39 is 5.91 Å². The summed E-state index contributed by atoms with van der Waals surface area (Å²) in [5.74, 6) is 0.675. The maximum atomic E-state index is 12.6. The normalized spacial score (nSPS) is 31.6. The molecular weight excluding hydrogens is 344 g/mol. The number of aromatic nitrogens is 2. The summed E-state index contributed by atoms with van der Waals surface area (Å²) in [5, 5.41) is 5.47. The largest absolute Gasteiger partial charge is 0.345 e. The zero-order valence-corrected chi connectivity index (χ0v) is 14.8. The highest BCUT2D eigenvalue weighted by Crippen LogP contribution is 2.58. The highest BCUT2D eigenvalue weighted by atomic mass is 16.3. The third-order valence-electron chi connectivity index (χ3n) is 6.37. The highest BCUT2D eigenvalue weighted by molar-refractivity contribution is 5.95. The van der Waals surface area contributed by atoms with Crippen molar-refractivity contribution in [3.8, 4) is 0 Å². The number of carbonyl (C=O) groups is 2. The third-order valence-corrected chi connectivity index (χ3v) is 6.37. The van der Waals surface area contributed by atoms with Crippen molar-refractivity contribution in [3.05, 3.63) is 58.6 Å². The average molecular weight is 364 g/mol. The van der Waals surface area contributed by atoms with Crippen LogP contribution in [0.25, 0.3) is 0 Å². The molecule has 1 aromatic rings. The number of amides is 2. The van der Waals surface area contributed by atoms with Crippen LogP contribution in [-0.2, 0) is 10.3 Å². The predicted octanol–water partition coefficient (Wildman–Crippen LogP) is 2.71. The quantitative estimate of drug-likeness (QED) is 0.659. The van der Waals surface area contributed by atoms with Crippen molar-refractivity contribution in [3.63, 3.8) is 0 Å². The van der Waals surface area contributed by atoms with Crippen molar-refractivity contribution in [2.24, 2.45) is 11.1 Å². The van der Waals surface area contributed by atoms with Gasteiger partial charge in [0.25, 0.3) is 5.91 Å². The van der Waals surface area contributed by atoms with Crippen LogP contribution >= 0.6 is 0 Å². The summed E-state index contributed by atoms with van der Waals surface area (Å²) < 4.78 is 2.17. The van der Waals surface area contributed by atoms with Crippen LogP contribution in [0.5, 0.6) is 0 Å². The molecule has 7 heteroatoms. The molecule has 1 spiro atoms. The number of imidazole rings is 1. The Balaban J connectivity index is 1.52. The average Bonchev–Trinajstić information content (AvgIpc) is 3.11. The van der Waals surface area contributed by atoms with E-state index in [1.807, 2.05) is 6.08 Å². The number of nitroso groups, excluding NO2 is 1. The van der Waals surface area contributed by atoms with E-state index in [0.717, 1.165) is 24.2 Å². The molecule has 0 bridgehead atoms. The van der Waals surface area contributed by atoms with Gasteiger partial charge in [-0.2, -0.15) is 0 Å². The van der Waals surface area contributed by atoms with Crippen LogP contribution < -0.4 is 5.32 Å². The third kappa shape index (κ3) is 2.30. The van der Waals surface area contributed by atoms with Crippen LogP contribution in [0, 0.1) is 10.8 Å². The Bertz CT molecular complexity index is 935. The molecule has 7 nitrogen and oxygen atoms in total. The van der Waals surface area contributed by atoms with Gasteiger partial charge in [-0.3, -0.25) is 9.59 Å². The lowest BCUT2D eigenvalue weighted by Crippen LogP contribution is -2.42. The topological polar surface area (TPSA) is 93.4 Å². The maximum Gasteiger partial charge on any atom is 0.309 e. The van der Waals surface area contributed by atoms with E-state index in [0.29, 0.717) is 11.6 Å². The highest BCUT2D eigenvalue weighted by Gasteiger charge is 2.68. The van der Waals surface area contributed by atoms with Crippen molar-refractivity contribution < 1.29 is 9.59 Å². The minimum absolute atomic E-state index is 0.00362. The smallest absolute Gasteiger partial charge is 0.309 e. The van der Waals surface area contributed by atoms with Crippen LogP contribution in [-0.4, -0.2) is 27.4 Å². The lowest BCUT2D eigenvalue weighted by molar-refractivity contribution is -0.113. The van der Waals surface area contributed by atoms with E-state index in [1.54, 1.807) is 12.3 Å². The van der Waals surface area contributed by atoms with Crippen LogP contribution in [0.4, 0.5) is 0 Å². The van der Waals surface area contributed by atoms with Crippen LogP contribution in [0.3, 0.4) is 0 Å². The Hall–Kier alpha value is -2.83. The molecule has 2 amide bonds. The molecule has 138 valence electrons. The summed E-state index contributed by atoms with van der Waals surface area (Å²) >= 11 is 0. The second-order valence-electron chi connectivity index (χ2n) is 7.80. The molecule has 1 N–H and O–H groups in total. The number of fused-ring (bicyclic) bond motifs is 2. The fourth-order valence-corrected chi connectivity index (χ4v) is 5.03. The Kier molecular flexibility index (Phi) is 3.54. The minimum Gasteiger partial charge on any atom is -0.345 e. The van der Waals surface area contributed by atoms with E-state index in [-0.39, 0.29) is 23.4 Å². The van der Waals surface area contributed by atoms with Gasteiger partial charge in [0.1, 0.15) is 11.5 Å². The molecule has 2 heterocycles. The monoisotopic (exact) mass is 364 g/mol. The maximum absolute atomic E-state index is 12.6. The molecule has 3 atom stereocenters. The first-order chi connectivity index (χ1) is 13.1. The first-order valence-electron chi connectivity index (χ1n) is 9.50. The van der Waals surface area contributed by atoms with Crippen LogP contribution in [0.15, 0.2) is 47.3 Å². The van der Waals surface area contributed by atoms with Crippen molar-refractivity contribution in [2.75, 3.05) is 0 Å². The minimum atomic E-state index is -0.803. The Morgan fingerprint density at radius 1 is 1.33 bits per heavy atom. The van der Waals surface area contributed by atoms with Gasteiger partial charge >= 0.3 is 5.91 Å². The molecular formula is C20H20N4O3. The summed E-state index contributed by atoms with van der Waals surface area (Å²) in [5.41, 5.74) is 1.18. The zero-order valence-electron chi connectivity index (χ0n) is 14.8. The van der Waals surface area contributed by atoms with E-state index >= 15 is 0 Å². The van der Waals surface area contributed by atoms with Crippen LogP contribution in [0.2, 0.25) is 0 Å². The number of hydrogen-bond donors (Lipinski definition) is 1. The van der Waals surface area contributed by atoms with Gasteiger partial charge in [0.15, 0.2) is 0 Å². The van der Waals surface area contributed by atoms with Crippen LogP contribution in [0.1, 0.15) is 54.3 Å². The van der Waals surface area contributed by atoms with E-state index in [9.17, 15) is 14.5 Å². The number of carbonyl (C=O) groups excluding carboxylic acids is 2.